The van der Waals surface area contributed by atoms with Crippen molar-refractivity contribution in [3.8, 4) is 11.4 Å². The van der Waals surface area contributed by atoms with Gasteiger partial charge >= 0.3 is 6.03 Å². The highest BCUT2D eigenvalue weighted by molar-refractivity contribution is 5.89. The first-order valence-electron chi connectivity index (χ1n) is 9.34. The summed E-state index contributed by atoms with van der Waals surface area (Å²) < 4.78 is 19.4. The van der Waals surface area contributed by atoms with Gasteiger partial charge in [-0.1, -0.05) is 47.1 Å². The van der Waals surface area contributed by atoms with Crippen LogP contribution in [-0.2, 0) is 0 Å². The molecule has 1 N–H and O–H groups in total. The van der Waals surface area contributed by atoms with Crippen molar-refractivity contribution in [2.75, 3.05) is 11.9 Å². The number of carbonyl (C=O) groups excluding carboxylic acids is 1. The lowest BCUT2D eigenvalue weighted by Crippen LogP contribution is -2.41. The maximum Gasteiger partial charge on any atom is 0.322 e. The predicted molar refractivity (Wildman–Crippen MR) is 103 cm³/mol. The lowest BCUT2D eigenvalue weighted by Gasteiger charge is -2.33. The van der Waals surface area contributed by atoms with Crippen molar-refractivity contribution < 1.29 is 13.7 Å². The van der Waals surface area contributed by atoms with Crippen LogP contribution in [0.2, 0.25) is 0 Å². The summed E-state index contributed by atoms with van der Waals surface area (Å²) >= 11 is 0. The Morgan fingerprint density at radius 2 is 1.96 bits per heavy atom. The highest BCUT2D eigenvalue weighted by atomic mass is 19.1. The van der Waals surface area contributed by atoms with Crippen molar-refractivity contribution >= 4 is 11.7 Å². The van der Waals surface area contributed by atoms with Crippen molar-refractivity contribution in [3.05, 3.63) is 65.8 Å². The second-order valence-corrected chi connectivity index (χ2v) is 6.94. The topological polar surface area (TPSA) is 71.3 Å². The molecule has 2 heterocycles. The maximum atomic E-state index is 13.9. The molecular weight excluding hydrogens is 359 g/mol. The molecule has 1 fully saturated rings. The number of nitrogens with zero attached hydrogens (tertiary/aromatic N) is 3. The number of hydrogen-bond donors (Lipinski definition) is 1. The van der Waals surface area contributed by atoms with E-state index in [1.54, 1.807) is 17.0 Å². The number of para-hydroxylation sites is 1. The SMILES string of the molecule is Cc1ccc(-c2noc(C3CCCCN3C(=O)Nc3ccccc3F)n2)cc1. The Morgan fingerprint density at radius 3 is 2.75 bits per heavy atom. The molecular formula is C21H21FN4O2. The minimum atomic E-state index is -0.469. The van der Waals surface area contributed by atoms with E-state index in [1.165, 1.54) is 12.1 Å². The van der Waals surface area contributed by atoms with Gasteiger partial charge in [0.05, 0.1) is 5.69 Å². The average Bonchev–Trinajstić information content (AvgIpc) is 3.20. The summed E-state index contributed by atoms with van der Waals surface area (Å²) in [5.41, 5.74) is 2.16. The largest absolute Gasteiger partial charge is 0.337 e. The van der Waals surface area contributed by atoms with E-state index in [4.69, 9.17) is 4.52 Å². The number of nitrogens with one attached hydrogen (secondary N) is 1. The summed E-state index contributed by atoms with van der Waals surface area (Å²) in [7, 11) is 0. The van der Waals surface area contributed by atoms with Crippen molar-refractivity contribution in [1.82, 2.24) is 15.0 Å². The first kappa shape index (κ1) is 18.2. The zero-order chi connectivity index (χ0) is 19.5. The molecule has 0 bridgehead atoms. The minimum Gasteiger partial charge on any atom is -0.337 e. The standard InChI is InChI=1S/C21H21FN4O2/c1-14-9-11-15(12-10-14)19-24-20(28-25-19)18-8-4-5-13-26(18)21(27)23-17-7-3-2-6-16(17)22/h2-3,6-7,9-12,18H,4-5,8,13H2,1H3,(H,23,27). The van der Waals surface area contributed by atoms with Crippen molar-refractivity contribution in [3.63, 3.8) is 0 Å². The van der Waals surface area contributed by atoms with E-state index in [1.807, 2.05) is 31.2 Å². The summed E-state index contributed by atoms with van der Waals surface area (Å²) in [5, 5.41) is 6.73. The fourth-order valence-electron chi connectivity index (χ4n) is 3.37. The lowest BCUT2D eigenvalue weighted by atomic mass is 10.0. The number of hydrogen-bond acceptors (Lipinski definition) is 4. The van der Waals surface area contributed by atoms with Gasteiger partial charge in [-0.3, -0.25) is 0 Å². The number of urea groups is 1. The smallest absolute Gasteiger partial charge is 0.322 e. The van der Waals surface area contributed by atoms with Gasteiger partial charge in [-0.2, -0.15) is 4.98 Å². The molecule has 0 aliphatic carbocycles. The van der Waals surface area contributed by atoms with E-state index in [0.717, 1.165) is 30.4 Å². The fourth-order valence-corrected chi connectivity index (χ4v) is 3.37. The summed E-state index contributed by atoms with van der Waals surface area (Å²) in [6.45, 7) is 2.56. The van der Waals surface area contributed by atoms with Gasteiger partial charge in [-0.15, -0.1) is 0 Å². The van der Waals surface area contributed by atoms with E-state index < -0.39 is 5.82 Å². The minimum absolute atomic E-state index is 0.155. The quantitative estimate of drug-likeness (QED) is 0.698. The zero-order valence-corrected chi connectivity index (χ0v) is 15.6. The highest BCUT2D eigenvalue weighted by Gasteiger charge is 2.32. The molecule has 1 atom stereocenters. The molecule has 28 heavy (non-hydrogen) atoms. The second-order valence-electron chi connectivity index (χ2n) is 6.94. The number of carbonyl (C=O) groups is 1. The summed E-state index contributed by atoms with van der Waals surface area (Å²) in [6.07, 6.45) is 2.55. The second kappa shape index (κ2) is 7.80. The summed E-state index contributed by atoms with van der Waals surface area (Å²) in [5.74, 6) is 0.429. The molecule has 0 spiro atoms. The number of piperidine rings is 1. The number of anilines is 1. The Bertz CT molecular complexity index is 971. The van der Waals surface area contributed by atoms with Crippen LogP contribution in [0, 0.1) is 12.7 Å². The average molecular weight is 380 g/mol. The van der Waals surface area contributed by atoms with Crippen LogP contribution < -0.4 is 5.32 Å². The van der Waals surface area contributed by atoms with Crippen molar-refractivity contribution in [1.29, 1.82) is 0 Å². The van der Waals surface area contributed by atoms with Crippen LogP contribution >= 0.6 is 0 Å². The molecule has 2 amide bonds. The number of benzene rings is 2. The molecule has 1 unspecified atom stereocenters. The number of aromatic nitrogens is 2. The Hall–Kier alpha value is -3.22. The molecule has 1 aliphatic heterocycles. The molecule has 144 valence electrons. The zero-order valence-electron chi connectivity index (χ0n) is 15.6. The molecule has 4 rings (SSSR count). The first-order chi connectivity index (χ1) is 13.6. The fraction of sp³-hybridized carbons (Fsp3) is 0.286. The van der Waals surface area contributed by atoms with Crippen molar-refractivity contribution in [2.24, 2.45) is 0 Å². The predicted octanol–water partition coefficient (Wildman–Crippen LogP) is 4.94. The van der Waals surface area contributed by atoms with Crippen molar-refractivity contribution in [2.45, 2.75) is 32.2 Å². The Labute approximate surface area is 162 Å². The number of amides is 2. The number of halogens is 1. The third kappa shape index (κ3) is 3.74. The molecule has 0 radical (unpaired) electrons. The van der Waals surface area contributed by atoms with Crippen LogP contribution in [0.4, 0.5) is 14.9 Å². The van der Waals surface area contributed by atoms with Gasteiger partial charge in [-0.05, 0) is 38.3 Å². The highest BCUT2D eigenvalue weighted by Crippen LogP contribution is 2.32. The van der Waals surface area contributed by atoms with E-state index >= 15 is 0 Å². The normalized spacial score (nSPS) is 16.8. The molecule has 1 aliphatic rings. The number of aryl methyl sites for hydroxylation is 1. The van der Waals surface area contributed by atoms with Crippen LogP contribution in [0.25, 0.3) is 11.4 Å². The van der Waals surface area contributed by atoms with E-state index in [0.29, 0.717) is 18.3 Å². The van der Waals surface area contributed by atoms with Gasteiger partial charge in [0.25, 0.3) is 0 Å². The molecule has 2 aromatic carbocycles. The van der Waals surface area contributed by atoms with Crippen LogP contribution in [0.1, 0.15) is 36.8 Å². The third-order valence-electron chi connectivity index (χ3n) is 4.92. The van der Waals surface area contributed by atoms with Crippen LogP contribution in [0.15, 0.2) is 53.1 Å². The Balaban J connectivity index is 1.55. The molecule has 7 heteroatoms. The van der Waals surface area contributed by atoms with Crippen LogP contribution in [-0.4, -0.2) is 27.6 Å². The van der Waals surface area contributed by atoms with Gasteiger partial charge in [0, 0.05) is 12.1 Å². The summed E-state index contributed by atoms with van der Waals surface area (Å²) in [6, 6.07) is 13.3. The van der Waals surface area contributed by atoms with E-state index in [-0.39, 0.29) is 17.8 Å². The first-order valence-corrected chi connectivity index (χ1v) is 9.34. The van der Waals surface area contributed by atoms with Gasteiger partial charge in [0.2, 0.25) is 11.7 Å². The number of rotatable bonds is 3. The molecule has 3 aromatic rings. The third-order valence-corrected chi connectivity index (χ3v) is 4.92. The molecule has 1 saturated heterocycles. The van der Waals surface area contributed by atoms with Gasteiger partial charge in [0.1, 0.15) is 11.9 Å². The Kier molecular flexibility index (Phi) is 5.06. The van der Waals surface area contributed by atoms with E-state index in [2.05, 4.69) is 15.5 Å². The van der Waals surface area contributed by atoms with Gasteiger partial charge < -0.3 is 14.7 Å². The monoisotopic (exact) mass is 380 g/mol. The number of likely N-dealkylation sites (tertiary alicyclic amines) is 1. The van der Waals surface area contributed by atoms with Crippen LogP contribution in [0.5, 0.6) is 0 Å². The Morgan fingerprint density at radius 1 is 1.18 bits per heavy atom. The molecule has 6 nitrogen and oxygen atoms in total. The van der Waals surface area contributed by atoms with Gasteiger partial charge in [-0.25, -0.2) is 9.18 Å². The van der Waals surface area contributed by atoms with E-state index in [9.17, 15) is 9.18 Å². The molecule has 1 aromatic heterocycles. The summed E-state index contributed by atoms with van der Waals surface area (Å²) in [4.78, 5) is 18.9. The lowest BCUT2D eigenvalue weighted by molar-refractivity contribution is 0.142. The maximum absolute atomic E-state index is 13.9. The van der Waals surface area contributed by atoms with Gasteiger partial charge in [0.15, 0.2) is 0 Å². The van der Waals surface area contributed by atoms with Crippen LogP contribution in [0.3, 0.4) is 0 Å². The molecule has 0 saturated carbocycles.